The Morgan fingerprint density at radius 1 is 0.958 bits per heavy atom. The maximum absolute atomic E-state index is 4.20. The zero-order valence-electron chi connectivity index (χ0n) is 14.0. The van der Waals surface area contributed by atoms with Gasteiger partial charge in [0.2, 0.25) is 0 Å². The van der Waals surface area contributed by atoms with Crippen molar-refractivity contribution in [3.63, 3.8) is 0 Å². The van der Waals surface area contributed by atoms with Crippen LogP contribution in [0.5, 0.6) is 0 Å². The molecular formula is C20H22N4. The summed E-state index contributed by atoms with van der Waals surface area (Å²) in [5, 5.41) is 8.19. The monoisotopic (exact) mass is 318 g/mol. The summed E-state index contributed by atoms with van der Waals surface area (Å²) in [6.07, 6.45) is 2.82. The molecule has 0 aliphatic carbocycles. The van der Waals surface area contributed by atoms with Crippen molar-refractivity contribution in [2.75, 3.05) is 13.1 Å². The van der Waals surface area contributed by atoms with Gasteiger partial charge in [-0.1, -0.05) is 48.5 Å². The lowest BCUT2D eigenvalue weighted by Crippen LogP contribution is -2.26. The molecule has 1 aromatic heterocycles. The molecule has 0 unspecified atom stereocenters. The summed E-state index contributed by atoms with van der Waals surface area (Å²) in [5.74, 6) is 1.10. The molecule has 2 aromatic carbocycles. The van der Waals surface area contributed by atoms with Gasteiger partial charge < -0.3 is 4.57 Å². The minimum absolute atomic E-state index is 0.974. The maximum atomic E-state index is 4.20. The maximum Gasteiger partial charge on any atom is 0.134 e. The Morgan fingerprint density at radius 3 is 2.62 bits per heavy atom. The second kappa shape index (κ2) is 6.57. The fourth-order valence-electron chi connectivity index (χ4n) is 3.38. The van der Waals surface area contributed by atoms with Crippen LogP contribution in [0.15, 0.2) is 54.9 Å². The first-order chi connectivity index (χ1) is 11.8. The van der Waals surface area contributed by atoms with Crippen molar-refractivity contribution in [3.8, 4) is 11.1 Å². The first-order valence-corrected chi connectivity index (χ1v) is 8.53. The van der Waals surface area contributed by atoms with E-state index in [4.69, 9.17) is 0 Å². The average molecular weight is 318 g/mol. The topological polar surface area (TPSA) is 34.0 Å². The van der Waals surface area contributed by atoms with E-state index in [1.54, 1.807) is 0 Å². The summed E-state index contributed by atoms with van der Waals surface area (Å²) in [6, 6.07) is 17.5. The molecule has 4 rings (SSSR count). The first-order valence-electron chi connectivity index (χ1n) is 8.53. The molecule has 122 valence electrons. The van der Waals surface area contributed by atoms with E-state index >= 15 is 0 Å². The second-order valence-electron chi connectivity index (χ2n) is 6.48. The van der Waals surface area contributed by atoms with Gasteiger partial charge in [-0.25, -0.2) is 0 Å². The Bertz CT molecular complexity index is 797. The summed E-state index contributed by atoms with van der Waals surface area (Å²) in [5.41, 5.74) is 5.29. The second-order valence-corrected chi connectivity index (χ2v) is 6.48. The van der Waals surface area contributed by atoms with E-state index in [0.29, 0.717) is 0 Å². The van der Waals surface area contributed by atoms with Gasteiger partial charge >= 0.3 is 0 Å². The lowest BCUT2D eigenvalue weighted by atomic mass is 9.99. The van der Waals surface area contributed by atoms with Crippen LogP contribution in [0, 0.1) is 6.92 Å². The molecule has 1 aliphatic heterocycles. The smallest absolute Gasteiger partial charge is 0.134 e. The van der Waals surface area contributed by atoms with Crippen LogP contribution in [0.2, 0.25) is 0 Å². The minimum Gasteiger partial charge on any atom is -0.316 e. The molecule has 0 radical (unpaired) electrons. The Labute approximate surface area is 142 Å². The van der Waals surface area contributed by atoms with Gasteiger partial charge in [-0.3, -0.25) is 4.90 Å². The van der Waals surface area contributed by atoms with Gasteiger partial charge in [0.1, 0.15) is 12.2 Å². The van der Waals surface area contributed by atoms with Crippen molar-refractivity contribution in [2.24, 2.45) is 0 Å². The van der Waals surface area contributed by atoms with Crippen LogP contribution in [0.25, 0.3) is 11.1 Å². The largest absolute Gasteiger partial charge is 0.316 e. The minimum atomic E-state index is 0.974. The van der Waals surface area contributed by atoms with E-state index in [9.17, 15) is 0 Å². The predicted molar refractivity (Wildman–Crippen MR) is 95.6 cm³/mol. The van der Waals surface area contributed by atoms with Crippen molar-refractivity contribution in [1.29, 1.82) is 0 Å². The van der Waals surface area contributed by atoms with Crippen LogP contribution in [0.4, 0.5) is 0 Å². The molecule has 2 heterocycles. The van der Waals surface area contributed by atoms with Crippen molar-refractivity contribution in [3.05, 3.63) is 71.8 Å². The molecule has 0 spiro atoms. The van der Waals surface area contributed by atoms with Gasteiger partial charge in [-0.2, -0.15) is 0 Å². The highest BCUT2D eigenvalue weighted by Gasteiger charge is 2.14. The van der Waals surface area contributed by atoms with Crippen LogP contribution in [-0.2, 0) is 19.5 Å². The molecule has 0 saturated carbocycles. The molecular weight excluding hydrogens is 296 g/mol. The third-order valence-electron chi connectivity index (χ3n) is 4.82. The highest BCUT2D eigenvalue weighted by molar-refractivity contribution is 5.67. The third-order valence-corrected chi connectivity index (χ3v) is 4.82. The van der Waals surface area contributed by atoms with Crippen molar-refractivity contribution >= 4 is 0 Å². The standard InChI is InChI=1S/C20H22N4/c1-16-4-2-3-5-19(16)18-8-6-17(7-9-18)14-23-11-10-20-22-21-15-24(20)13-12-23/h2-9,15H,10-14H2,1H3. The molecule has 24 heavy (non-hydrogen) atoms. The molecule has 0 amide bonds. The van der Waals surface area contributed by atoms with Crippen LogP contribution < -0.4 is 0 Å². The van der Waals surface area contributed by atoms with Gasteiger partial charge in [0, 0.05) is 32.6 Å². The molecule has 4 nitrogen and oxygen atoms in total. The molecule has 0 bridgehead atoms. The van der Waals surface area contributed by atoms with Crippen molar-refractivity contribution in [1.82, 2.24) is 19.7 Å². The highest BCUT2D eigenvalue weighted by atomic mass is 15.3. The Kier molecular flexibility index (Phi) is 4.13. The number of aryl methyl sites for hydroxylation is 1. The van der Waals surface area contributed by atoms with Gasteiger partial charge in [0.05, 0.1) is 0 Å². The van der Waals surface area contributed by atoms with E-state index in [2.05, 4.69) is 75.1 Å². The van der Waals surface area contributed by atoms with Gasteiger partial charge in [-0.15, -0.1) is 10.2 Å². The third kappa shape index (κ3) is 3.10. The molecule has 0 fully saturated rings. The fraction of sp³-hybridized carbons (Fsp3) is 0.300. The molecule has 0 atom stereocenters. The van der Waals surface area contributed by atoms with E-state index in [0.717, 1.165) is 38.4 Å². The Balaban J connectivity index is 1.44. The number of hydrogen-bond acceptors (Lipinski definition) is 3. The summed E-state index contributed by atoms with van der Waals surface area (Å²) in [7, 11) is 0. The highest BCUT2D eigenvalue weighted by Crippen LogP contribution is 2.23. The zero-order chi connectivity index (χ0) is 16.4. The van der Waals surface area contributed by atoms with Gasteiger partial charge in [0.25, 0.3) is 0 Å². The van der Waals surface area contributed by atoms with Crippen molar-refractivity contribution < 1.29 is 0 Å². The first kappa shape index (κ1) is 15.1. The number of rotatable bonds is 3. The summed E-state index contributed by atoms with van der Waals surface area (Å²) in [6.45, 7) is 6.22. The number of fused-ring (bicyclic) bond motifs is 1. The number of nitrogens with zero attached hydrogens (tertiary/aromatic N) is 4. The Hall–Kier alpha value is -2.46. The lowest BCUT2D eigenvalue weighted by Gasteiger charge is -2.19. The van der Waals surface area contributed by atoms with Crippen LogP contribution in [-0.4, -0.2) is 32.8 Å². The lowest BCUT2D eigenvalue weighted by molar-refractivity contribution is 0.271. The fourth-order valence-corrected chi connectivity index (χ4v) is 3.38. The normalized spacial score (nSPS) is 15.0. The van der Waals surface area contributed by atoms with Crippen LogP contribution in [0.3, 0.4) is 0 Å². The van der Waals surface area contributed by atoms with E-state index in [1.807, 2.05) is 6.33 Å². The van der Waals surface area contributed by atoms with E-state index in [-0.39, 0.29) is 0 Å². The summed E-state index contributed by atoms with van der Waals surface area (Å²) < 4.78 is 2.17. The average Bonchev–Trinajstić information content (AvgIpc) is 2.98. The number of aromatic nitrogens is 3. The SMILES string of the molecule is Cc1ccccc1-c1ccc(CN2CCc3nncn3CC2)cc1. The number of benzene rings is 2. The molecule has 0 saturated heterocycles. The summed E-state index contributed by atoms with van der Waals surface area (Å²) >= 11 is 0. The van der Waals surface area contributed by atoms with Gasteiger partial charge in [-0.05, 0) is 29.2 Å². The predicted octanol–water partition coefficient (Wildman–Crippen LogP) is 3.31. The van der Waals surface area contributed by atoms with Crippen LogP contribution >= 0.6 is 0 Å². The molecule has 0 N–H and O–H groups in total. The van der Waals surface area contributed by atoms with Crippen LogP contribution in [0.1, 0.15) is 17.0 Å². The number of hydrogen-bond donors (Lipinski definition) is 0. The quantitative estimate of drug-likeness (QED) is 0.743. The summed E-state index contributed by atoms with van der Waals surface area (Å²) in [4.78, 5) is 2.50. The van der Waals surface area contributed by atoms with Crippen molar-refractivity contribution in [2.45, 2.75) is 26.4 Å². The Morgan fingerprint density at radius 2 is 1.79 bits per heavy atom. The van der Waals surface area contributed by atoms with E-state index in [1.165, 1.54) is 22.3 Å². The molecule has 3 aromatic rings. The molecule has 1 aliphatic rings. The zero-order valence-corrected chi connectivity index (χ0v) is 14.0. The van der Waals surface area contributed by atoms with Gasteiger partial charge in [0.15, 0.2) is 0 Å². The van der Waals surface area contributed by atoms with E-state index < -0.39 is 0 Å². The molecule has 4 heteroatoms.